The molecule has 0 aromatic heterocycles. The average molecular weight is 205 g/mol. The molecule has 2 nitrogen and oxygen atoms in total. The summed E-state index contributed by atoms with van der Waals surface area (Å²) in [5.74, 6) is 1.03. The molecule has 0 bridgehead atoms. The van der Waals surface area contributed by atoms with E-state index in [1.54, 1.807) is 7.11 Å². The summed E-state index contributed by atoms with van der Waals surface area (Å²) in [6.45, 7) is 0.909. The van der Waals surface area contributed by atoms with Crippen LogP contribution in [0.25, 0.3) is 0 Å². The third kappa shape index (κ3) is 2.00. The number of rotatable bonds is 3. The van der Waals surface area contributed by atoms with Gasteiger partial charge in [0.2, 0.25) is 0 Å². The van der Waals surface area contributed by atoms with Gasteiger partial charge < -0.3 is 10.1 Å². The number of ether oxygens (including phenoxy) is 1. The van der Waals surface area contributed by atoms with Crippen molar-refractivity contribution < 1.29 is 4.74 Å². The van der Waals surface area contributed by atoms with Crippen molar-refractivity contribution in [2.75, 3.05) is 14.2 Å². The number of hydrogen-bond acceptors (Lipinski definition) is 2. The fraction of sp³-hybridized carbons (Fsp3) is 0.538. The molecule has 0 radical (unpaired) electrons. The summed E-state index contributed by atoms with van der Waals surface area (Å²) in [6, 6.07) is 4.34. The average Bonchev–Trinajstić information content (AvgIpc) is 2.30. The highest BCUT2D eigenvalue weighted by molar-refractivity contribution is 5.46. The normalized spacial score (nSPS) is 14.8. The molecule has 1 aromatic carbocycles. The summed E-state index contributed by atoms with van der Waals surface area (Å²) >= 11 is 0. The van der Waals surface area contributed by atoms with Gasteiger partial charge >= 0.3 is 0 Å². The molecule has 1 aliphatic rings. The van der Waals surface area contributed by atoms with Crippen LogP contribution >= 0.6 is 0 Å². The largest absolute Gasteiger partial charge is 0.496 e. The van der Waals surface area contributed by atoms with E-state index >= 15 is 0 Å². The zero-order chi connectivity index (χ0) is 10.7. The maximum absolute atomic E-state index is 5.42. The van der Waals surface area contributed by atoms with Crippen molar-refractivity contribution in [2.45, 2.75) is 32.2 Å². The topological polar surface area (TPSA) is 21.3 Å². The fourth-order valence-electron chi connectivity index (χ4n) is 2.44. The highest BCUT2D eigenvalue weighted by Crippen LogP contribution is 2.30. The summed E-state index contributed by atoms with van der Waals surface area (Å²) in [7, 11) is 3.74. The van der Waals surface area contributed by atoms with E-state index in [-0.39, 0.29) is 0 Å². The number of nitrogens with one attached hydrogen (secondary N) is 1. The third-order valence-corrected chi connectivity index (χ3v) is 3.18. The minimum Gasteiger partial charge on any atom is -0.496 e. The van der Waals surface area contributed by atoms with Crippen molar-refractivity contribution in [3.63, 3.8) is 0 Å². The van der Waals surface area contributed by atoms with Crippen LogP contribution in [0.1, 0.15) is 29.5 Å². The zero-order valence-electron chi connectivity index (χ0n) is 9.60. The third-order valence-electron chi connectivity index (χ3n) is 3.18. The molecule has 82 valence electrons. The van der Waals surface area contributed by atoms with Gasteiger partial charge in [0.1, 0.15) is 5.75 Å². The smallest absolute Gasteiger partial charge is 0.123 e. The van der Waals surface area contributed by atoms with Crippen LogP contribution in [-0.4, -0.2) is 14.2 Å². The van der Waals surface area contributed by atoms with E-state index in [9.17, 15) is 0 Å². The Kier molecular flexibility index (Phi) is 3.27. The van der Waals surface area contributed by atoms with Crippen LogP contribution in [0.15, 0.2) is 12.1 Å². The molecule has 0 saturated heterocycles. The lowest BCUT2D eigenvalue weighted by atomic mass is 9.87. The van der Waals surface area contributed by atoms with Crippen molar-refractivity contribution >= 4 is 0 Å². The van der Waals surface area contributed by atoms with Gasteiger partial charge in [0, 0.05) is 12.1 Å². The molecule has 0 saturated carbocycles. The molecule has 0 amide bonds. The molecule has 0 unspecified atom stereocenters. The molecule has 2 rings (SSSR count). The van der Waals surface area contributed by atoms with Gasteiger partial charge in [-0.1, -0.05) is 6.07 Å². The maximum Gasteiger partial charge on any atom is 0.123 e. The summed E-state index contributed by atoms with van der Waals surface area (Å²) in [5.41, 5.74) is 4.40. The highest BCUT2D eigenvalue weighted by Gasteiger charge is 2.16. The van der Waals surface area contributed by atoms with Crippen LogP contribution < -0.4 is 10.1 Å². The maximum atomic E-state index is 5.42. The quantitative estimate of drug-likeness (QED) is 0.817. The van der Waals surface area contributed by atoms with E-state index in [1.807, 2.05) is 7.05 Å². The number of methoxy groups -OCH3 is 1. The molecule has 0 spiro atoms. The molecule has 1 N–H and O–H groups in total. The summed E-state index contributed by atoms with van der Waals surface area (Å²) < 4.78 is 5.42. The van der Waals surface area contributed by atoms with Crippen LogP contribution in [0, 0.1) is 0 Å². The van der Waals surface area contributed by atoms with Gasteiger partial charge in [-0.2, -0.15) is 0 Å². The summed E-state index contributed by atoms with van der Waals surface area (Å²) in [6.07, 6.45) is 5.09. The molecule has 0 aliphatic heterocycles. The van der Waals surface area contributed by atoms with E-state index in [0.29, 0.717) is 0 Å². The second kappa shape index (κ2) is 4.67. The molecule has 1 aliphatic carbocycles. The monoisotopic (exact) mass is 205 g/mol. The molecule has 15 heavy (non-hydrogen) atoms. The Labute approximate surface area is 91.6 Å². The van der Waals surface area contributed by atoms with E-state index < -0.39 is 0 Å². The van der Waals surface area contributed by atoms with Crippen molar-refractivity contribution in [2.24, 2.45) is 0 Å². The first-order valence-corrected chi connectivity index (χ1v) is 5.69. The Hall–Kier alpha value is -1.02. The fourth-order valence-corrected chi connectivity index (χ4v) is 2.44. The number of benzene rings is 1. The molecular weight excluding hydrogens is 186 g/mol. The molecular formula is C13H19NO. The van der Waals surface area contributed by atoms with Crippen LogP contribution in [-0.2, 0) is 19.4 Å². The van der Waals surface area contributed by atoms with Crippen molar-refractivity contribution in [3.05, 3.63) is 28.8 Å². The SMILES string of the molecule is CNCc1c(OC)ccc2c1CCCC2. The molecule has 1 aromatic rings. The summed E-state index contributed by atoms with van der Waals surface area (Å²) in [4.78, 5) is 0. The first-order valence-electron chi connectivity index (χ1n) is 5.69. The Morgan fingerprint density at radius 3 is 2.80 bits per heavy atom. The standard InChI is InChI=1S/C13H19NO/c1-14-9-12-11-6-4-3-5-10(11)7-8-13(12)15-2/h7-8,14H,3-6,9H2,1-2H3. The van der Waals surface area contributed by atoms with Crippen LogP contribution in [0.3, 0.4) is 0 Å². The van der Waals surface area contributed by atoms with E-state index in [4.69, 9.17) is 4.74 Å². The zero-order valence-corrected chi connectivity index (χ0v) is 9.60. The van der Waals surface area contributed by atoms with Gasteiger partial charge in [-0.3, -0.25) is 0 Å². The first-order chi connectivity index (χ1) is 7.36. The van der Waals surface area contributed by atoms with Gasteiger partial charge in [-0.05, 0) is 49.9 Å². The second-order valence-corrected chi connectivity index (χ2v) is 4.12. The van der Waals surface area contributed by atoms with Gasteiger partial charge in [-0.25, -0.2) is 0 Å². The Bertz CT molecular complexity index is 347. The molecule has 0 heterocycles. The van der Waals surface area contributed by atoms with E-state index in [2.05, 4.69) is 17.4 Å². The van der Waals surface area contributed by atoms with Gasteiger partial charge in [0.05, 0.1) is 7.11 Å². The first kappa shape index (κ1) is 10.5. The van der Waals surface area contributed by atoms with Gasteiger partial charge in [0.15, 0.2) is 0 Å². The van der Waals surface area contributed by atoms with E-state index in [1.165, 1.54) is 42.4 Å². The predicted octanol–water partition coefficient (Wildman–Crippen LogP) is 2.29. The van der Waals surface area contributed by atoms with Crippen molar-refractivity contribution in [3.8, 4) is 5.75 Å². The molecule has 2 heteroatoms. The summed E-state index contributed by atoms with van der Waals surface area (Å²) in [5, 5.41) is 3.23. The van der Waals surface area contributed by atoms with Gasteiger partial charge in [0.25, 0.3) is 0 Å². The van der Waals surface area contributed by atoms with Crippen molar-refractivity contribution in [1.82, 2.24) is 5.32 Å². The van der Waals surface area contributed by atoms with Crippen LogP contribution in [0.2, 0.25) is 0 Å². The Morgan fingerprint density at radius 1 is 1.27 bits per heavy atom. The molecule has 0 atom stereocenters. The second-order valence-electron chi connectivity index (χ2n) is 4.12. The lowest BCUT2D eigenvalue weighted by Gasteiger charge is -2.21. The molecule has 0 fully saturated rings. The van der Waals surface area contributed by atoms with Crippen LogP contribution in [0.4, 0.5) is 0 Å². The number of aryl methyl sites for hydroxylation is 1. The minimum absolute atomic E-state index is 0.909. The number of hydrogen-bond donors (Lipinski definition) is 1. The Morgan fingerprint density at radius 2 is 2.07 bits per heavy atom. The minimum atomic E-state index is 0.909. The lowest BCUT2D eigenvalue weighted by Crippen LogP contribution is -2.13. The van der Waals surface area contributed by atoms with E-state index in [0.717, 1.165) is 12.3 Å². The Balaban J connectivity index is 2.44. The highest BCUT2D eigenvalue weighted by atomic mass is 16.5. The van der Waals surface area contributed by atoms with Crippen LogP contribution in [0.5, 0.6) is 5.75 Å². The van der Waals surface area contributed by atoms with Crippen molar-refractivity contribution in [1.29, 1.82) is 0 Å². The predicted molar refractivity (Wildman–Crippen MR) is 62.4 cm³/mol. The number of fused-ring (bicyclic) bond motifs is 1. The van der Waals surface area contributed by atoms with Gasteiger partial charge in [-0.15, -0.1) is 0 Å². The lowest BCUT2D eigenvalue weighted by molar-refractivity contribution is 0.406.